The Bertz CT molecular complexity index is 690. The van der Waals surface area contributed by atoms with Crippen LogP contribution in [0.2, 0.25) is 0 Å². The number of aromatic amines is 1. The number of nitrogens with zero attached hydrogens (tertiary/aromatic N) is 2. The zero-order valence-corrected chi connectivity index (χ0v) is 7.77. The summed E-state index contributed by atoms with van der Waals surface area (Å²) in [6, 6.07) is -0.784. The molecule has 0 saturated carbocycles. The number of imidazole rings is 1. The first-order valence-corrected chi connectivity index (χ1v) is 4.88. The van der Waals surface area contributed by atoms with E-state index < -0.39 is 0 Å². The van der Waals surface area contributed by atoms with Crippen molar-refractivity contribution in [2.24, 2.45) is 0 Å². The molecule has 3 aromatic rings. The van der Waals surface area contributed by atoms with Gasteiger partial charge in [-0.3, -0.25) is 0 Å². The zero-order valence-electron chi connectivity index (χ0n) is 11.0. The molecular formula is C10H7N3S. The number of hydrogen-bond donors (Lipinski definition) is 1. The van der Waals surface area contributed by atoms with Crippen molar-refractivity contribution in [3.05, 3.63) is 35.1 Å². The fourth-order valence-corrected chi connectivity index (χ4v) is 1.73. The fraction of sp³-hybridized carbons (Fsp3) is 0. The maximum Gasteiger partial charge on any atom is 0.158 e. The minimum Gasteiger partial charge on any atom is -0.337 e. The van der Waals surface area contributed by atoms with Gasteiger partial charge in [-0.1, -0.05) is 12.1 Å². The number of para-hydroxylation sites is 2. The second-order valence-corrected chi connectivity index (χ2v) is 3.40. The van der Waals surface area contributed by atoms with Crippen LogP contribution in [0.4, 0.5) is 0 Å². The van der Waals surface area contributed by atoms with Crippen molar-refractivity contribution in [3.8, 4) is 11.5 Å². The van der Waals surface area contributed by atoms with Gasteiger partial charge in [0.05, 0.1) is 22.0 Å². The third kappa shape index (κ3) is 1.12. The summed E-state index contributed by atoms with van der Waals surface area (Å²) >= 11 is 1.42. The molecule has 2 aromatic heterocycles. The van der Waals surface area contributed by atoms with Gasteiger partial charge in [0.25, 0.3) is 0 Å². The average molecular weight is 205 g/mol. The van der Waals surface area contributed by atoms with E-state index in [2.05, 4.69) is 15.0 Å². The standard InChI is InChI=1S/C10H7N3S/c1-2-4-8-7(3-1)12-10(13-8)9-5-14-6-11-9/h1-6H,(H,12,13)/i1D,2D,3D,4D. The molecule has 4 heteroatoms. The fourth-order valence-electron chi connectivity index (χ4n) is 1.19. The van der Waals surface area contributed by atoms with Gasteiger partial charge in [-0.25, -0.2) is 9.97 Å². The van der Waals surface area contributed by atoms with E-state index in [1.807, 2.05) is 0 Å². The molecule has 0 bridgehead atoms. The Labute approximate surface area is 90.1 Å². The lowest BCUT2D eigenvalue weighted by atomic mass is 10.3. The molecule has 0 aliphatic carbocycles. The molecule has 0 unspecified atom stereocenters. The normalized spacial score (nSPS) is 14.9. The van der Waals surface area contributed by atoms with E-state index in [4.69, 9.17) is 5.48 Å². The highest BCUT2D eigenvalue weighted by molar-refractivity contribution is 7.07. The van der Waals surface area contributed by atoms with Gasteiger partial charge in [-0.05, 0) is 12.1 Å². The molecule has 68 valence electrons. The molecule has 0 atom stereocenters. The molecule has 0 spiro atoms. The van der Waals surface area contributed by atoms with E-state index >= 15 is 0 Å². The second kappa shape index (κ2) is 2.92. The van der Waals surface area contributed by atoms with Crippen LogP contribution in [0.1, 0.15) is 5.48 Å². The van der Waals surface area contributed by atoms with E-state index in [0.717, 1.165) is 0 Å². The number of rotatable bonds is 1. The maximum atomic E-state index is 7.78. The maximum absolute atomic E-state index is 7.78. The van der Waals surface area contributed by atoms with Crippen molar-refractivity contribution in [2.75, 3.05) is 0 Å². The van der Waals surface area contributed by atoms with E-state index in [0.29, 0.717) is 17.0 Å². The lowest BCUT2D eigenvalue weighted by Crippen LogP contribution is -1.77. The SMILES string of the molecule is [2H]c1c([2H])c([2H])c2[nH]c(-c3cscn3)nc2c1[2H]. The first kappa shape index (κ1) is 4.70. The third-order valence-electron chi connectivity index (χ3n) is 1.81. The van der Waals surface area contributed by atoms with Gasteiger partial charge >= 0.3 is 0 Å². The van der Waals surface area contributed by atoms with Crippen LogP contribution in [0, 0.1) is 0 Å². The summed E-state index contributed by atoms with van der Waals surface area (Å²) < 4.78 is 30.7. The summed E-state index contributed by atoms with van der Waals surface area (Å²) in [7, 11) is 0. The predicted octanol–water partition coefficient (Wildman–Crippen LogP) is 2.69. The predicted molar refractivity (Wildman–Crippen MR) is 57.2 cm³/mol. The summed E-state index contributed by atoms with van der Waals surface area (Å²) in [6.45, 7) is 0. The second-order valence-electron chi connectivity index (χ2n) is 2.68. The molecule has 3 rings (SSSR count). The van der Waals surface area contributed by atoms with Crippen LogP contribution in [0.15, 0.2) is 35.1 Å². The quantitative estimate of drug-likeness (QED) is 0.663. The van der Waals surface area contributed by atoms with Gasteiger partial charge in [0, 0.05) is 5.38 Å². The van der Waals surface area contributed by atoms with E-state index in [-0.39, 0.29) is 29.7 Å². The summed E-state index contributed by atoms with van der Waals surface area (Å²) in [6.07, 6.45) is 0. The molecule has 0 aliphatic heterocycles. The van der Waals surface area contributed by atoms with Crippen LogP contribution in [0.5, 0.6) is 0 Å². The Hall–Kier alpha value is -1.68. The van der Waals surface area contributed by atoms with Crippen LogP contribution in [0.3, 0.4) is 0 Å². The first-order chi connectivity index (χ1) is 8.59. The highest BCUT2D eigenvalue weighted by atomic mass is 32.1. The van der Waals surface area contributed by atoms with E-state index in [1.165, 1.54) is 11.3 Å². The van der Waals surface area contributed by atoms with Crippen molar-refractivity contribution in [1.29, 1.82) is 0 Å². The summed E-state index contributed by atoms with van der Waals surface area (Å²) in [5, 5.41) is 1.80. The third-order valence-corrected chi connectivity index (χ3v) is 2.40. The molecule has 3 nitrogen and oxygen atoms in total. The van der Waals surface area contributed by atoms with Crippen LogP contribution in [0.25, 0.3) is 22.6 Å². The summed E-state index contributed by atoms with van der Waals surface area (Å²) in [5.41, 5.74) is 2.85. The Balaban J connectivity index is 2.36. The van der Waals surface area contributed by atoms with E-state index in [9.17, 15) is 0 Å². The van der Waals surface area contributed by atoms with Crippen molar-refractivity contribution in [3.63, 3.8) is 0 Å². The topological polar surface area (TPSA) is 41.6 Å². The van der Waals surface area contributed by atoms with Crippen LogP contribution >= 0.6 is 11.3 Å². The van der Waals surface area contributed by atoms with Crippen molar-refractivity contribution in [2.45, 2.75) is 0 Å². The molecule has 0 fully saturated rings. The van der Waals surface area contributed by atoms with Gasteiger partial charge in [-0.2, -0.15) is 0 Å². The van der Waals surface area contributed by atoms with Crippen molar-refractivity contribution in [1.82, 2.24) is 15.0 Å². The Morgan fingerprint density at radius 2 is 2.29 bits per heavy atom. The van der Waals surface area contributed by atoms with Crippen molar-refractivity contribution < 1.29 is 5.48 Å². The molecule has 14 heavy (non-hydrogen) atoms. The number of thiazole rings is 1. The molecule has 0 amide bonds. The van der Waals surface area contributed by atoms with Crippen LogP contribution in [-0.2, 0) is 0 Å². The number of aromatic nitrogens is 3. The van der Waals surface area contributed by atoms with E-state index in [1.54, 1.807) is 10.9 Å². The van der Waals surface area contributed by atoms with Crippen LogP contribution < -0.4 is 0 Å². The Morgan fingerprint density at radius 1 is 1.36 bits per heavy atom. The molecule has 2 heterocycles. The Morgan fingerprint density at radius 3 is 3.14 bits per heavy atom. The minimum atomic E-state index is -0.274. The van der Waals surface area contributed by atoms with Gasteiger partial charge in [-0.15, -0.1) is 11.3 Å². The molecule has 1 aromatic carbocycles. The molecule has 0 saturated heterocycles. The zero-order chi connectivity index (χ0) is 12.9. The average Bonchev–Trinajstić information content (AvgIpc) is 3.01. The number of fused-ring (bicyclic) bond motifs is 1. The summed E-state index contributed by atoms with van der Waals surface area (Å²) in [4.78, 5) is 11.2. The number of nitrogens with one attached hydrogen (secondary N) is 1. The summed E-state index contributed by atoms with van der Waals surface area (Å²) in [5.74, 6) is 0.457. The monoisotopic (exact) mass is 205 g/mol. The number of H-pyrrole nitrogens is 1. The lowest BCUT2D eigenvalue weighted by molar-refractivity contribution is 1.27. The van der Waals surface area contributed by atoms with Crippen LogP contribution in [-0.4, -0.2) is 15.0 Å². The number of benzene rings is 1. The van der Waals surface area contributed by atoms with Gasteiger partial charge in [0.15, 0.2) is 5.82 Å². The van der Waals surface area contributed by atoms with Gasteiger partial charge in [0.2, 0.25) is 0 Å². The van der Waals surface area contributed by atoms with Crippen molar-refractivity contribution >= 4 is 22.4 Å². The molecular weight excluding hydrogens is 194 g/mol. The minimum absolute atomic E-state index is 0.111. The lowest BCUT2D eigenvalue weighted by Gasteiger charge is -1.84. The highest BCUT2D eigenvalue weighted by Gasteiger charge is 2.05. The first-order valence-electron chi connectivity index (χ1n) is 5.94. The van der Waals surface area contributed by atoms with Gasteiger partial charge < -0.3 is 4.98 Å². The Kier molecular flexibility index (Phi) is 0.981. The molecule has 0 radical (unpaired) electrons. The number of hydrogen-bond acceptors (Lipinski definition) is 3. The molecule has 0 aliphatic rings. The highest BCUT2D eigenvalue weighted by Crippen LogP contribution is 2.19. The molecule has 1 N–H and O–H groups in total. The smallest absolute Gasteiger partial charge is 0.158 e. The van der Waals surface area contributed by atoms with Gasteiger partial charge in [0.1, 0.15) is 5.69 Å². The largest absolute Gasteiger partial charge is 0.337 e.